The van der Waals surface area contributed by atoms with Crippen molar-refractivity contribution in [2.45, 2.75) is 0 Å². The smallest absolute Gasteiger partial charge is 0.337 e. The topological polar surface area (TPSA) is 101 Å². The number of para-hydroxylation sites is 1. The molecule has 0 saturated heterocycles. The lowest BCUT2D eigenvalue weighted by Crippen LogP contribution is -2.26. The summed E-state index contributed by atoms with van der Waals surface area (Å²) < 4.78 is 23.5. The quantitative estimate of drug-likeness (QED) is 0.748. The Kier molecular flexibility index (Phi) is 3.09. The van der Waals surface area contributed by atoms with Gasteiger partial charge in [0, 0.05) is 7.05 Å². The predicted octanol–water partition coefficient (Wildman–Crippen LogP) is 0.363. The van der Waals surface area contributed by atoms with Crippen LogP contribution in [0.2, 0.25) is 0 Å². The molecular formula is C9H12N2O4S. The number of nitrogen functional groups attached to an aromatic ring is 1. The maximum Gasteiger partial charge on any atom is 0.337 e. The minimum absolute atomic E-state index is 0.0667. The standard InChI is InChI=1S/C9H12N2O4S/c1-11(16(2,14)15)7-5-3-4-6(8(7)10)9(12)13/h3-5H,10H2,1-2H3,(H,12,13). The van der Waals surface area contributed by atoms with Crippen LogP contribution in [0.5, 0.6) is 0 Å². The number of hydrogen-bond acceptors (Lipinski definition) is 4. The van der Waals surface area contributed by atoms with Gasteiger partial charge < -0.3 is 10.8 Å². The molecule has 0 amide bonds. The highest BCUT2D eigenvalue weighted by Gasteiger charge is 2.18. The molecule has 7 heteroatoms. The molecule has 0 aliphatic rings. The molecule has 1 rings (SSSR count). The Hall–Kier alpha value is -1.76. The van der Waals surface area contributed by atoms with Gasteiger partial charge in [0.05, 0.1) is 23.2 Å². The van der Waals surface area contributed by atoms with E-state index in [9.17, 15) is 13.2 Å². The third kappa shape index (κ3) is 2.25. The number of hydrogen-bond donors (Lipinski definition) is 2. The fourth-order valence-corrected chi connectivity index (χ4v) is 1.71. The van der Waals surface area contributed by atoms with E-state index < -0.39 is 16.0 Å². The van der Waals surface area contributed by atoms with E-state index in [-0.39, 0.29) is 16.9 Å². The van der Waals surface area contributed by atoms with E-state index in [2.05, 4.69) is 0 Å². The van der Waals surface area contributed by atoms with Crippen LogP contribution in [-0.2, 0) is 10.0 Å². The molecule has 0 fully saturated rings. The van der Waals surface area contributed by atoms with Gasteiger partial charge in [-0.15, -0.1) is 0 Å². The van der Waals surface area contributed by atoms with Crippen LogP contribution in [0.1, 0.15) is 10.4 Å². The van der Waals surface area contributed by atoms with Crippen LogP contribution in [0.25, 0.3) is 0 Å². The summed E-state index contributed by atoms with van der Waals surface area (Å²) in [6.07, 6.45) is 1.01. The zero-order valence-corrected chi connectivity index (χ0v) is 9.65. The lowest BCUT2D eigenvalue weighted by molar-refractivity contribution is 0.0698. The summed E-state index contributed by atoms with van der Waals surface area (Å²) >= 11 is 0. The fourth-order valence-electron chi connectivity index (χ4n) is 1.19. The van der Waals surface area contributed by atoms with Crippen molar-refractivity contribution in [3.05, 3.63) is 23.8 Å². The van der Waals surface area contributed by atoms with Gasteiger partial charge >= 0.3 is 5.97 Å². The molecule has 16 heavy (non-hydrogen) atoms. The molecule has 0 saturated carbocycles. The summed E-state index contributed by atoms with van der Waals surface area (Å²) in [5.41, 5.74) is 5.57. The summed E-state index contributed by atoms with van der Waals surface area (Å²) in [4.78, 5) is 10.8. The predicted molar refractivity (Wildman–Crippen MR) is 61.1 cm³/mol. The Morgan fingerprint density at radius 2 is 2.00 bits per heavy atom. The van der Waals surface area contributed by atoms with Gasteiger partial charge in [0.1, 0.15) is 0 Å². The number of carbonyl (C=O) groups is 1. The number of carboxylic acids is 1. The first-order valence-electron chi connectivity index (χ1n) is 4.31. The second kappa shape index (κ2) is 4.01. The minimum atomic E-state index is -3.46. The number of aromatic carboxylic acids is 1. The van der Waals surface area contributed by atoms with E-state index in [1.54, 1.807) is 0 Å². The van der Waals surface area contributed by atoms with Crippen LogP contribution in [0, 0.1) is 0 Å². The summed E-state index contributed by atoms with van der Waals surface area (Å²) in [6.45, 7) is 0. The van der Waals surface area contributed by atoms with Crippen LogP contribution >= 0.6 is 0 Å². The van der Waals surface area contributed by atoms with Crippen molar-refractivity contribution in [2.75, 3.05) is 23.3 Å². The largest absolute Gasteiger partial charge is 0.478 e. The Bertz CT molecular complexity index is 524. The Balaban J connectivity index is 3.37. The van der Waals surface area contributed by atoms with E-state index in [0.717, 1.165) is 10.6 Å². The zero-order chi connectivity index (χ0) is 12.5. The van der Waals surface area contributed by atoms with Gasteiger partial charge in [-0.1, -0.05) is 6.07 Å². The highest BCUT2D eigenvalue weighted by Crippen LogP contribution is 2.27. The summed E-state index contributed by atoms with van der Waals surface area (Å²) in [6, 6.07) is 4.21. The molecule has 0 heterocycles. The molecule has 0 radical (unpaired) electrons. The molecule has 0 aliphatic carbocycles. The van der Waals surface area contributed by atoms with Crippen molar-refractivity contribution in [3.8, 4) is 0 Å². The van der Waals surface area contributed by atoms with Gasteiger partial charge in [0.15, 0.2) is 0 Å². The molecule has 0 unspecified atom stereocenters. The Labute approximate surface area is 93.3 Å². The van der Waals surface area contributed by atoms with E-state index in [1.165, 1.54) is 25.2 Å². The normalized spacial score (nSPS) is 11.1. The van der Waals surface area contributed by atoms with E-state index >= 15 is 0 Å². The number of anilines is 2. The monoisotopic (exact) mass is 244 g/mol. The molecular weight excluding hydrogens is 232 g/mol. The van der Waals surface area contributed by atoms with Gasteiger partial charge in [0.2, 0.25) is 10.0 Å². The lowest BCUT2D eigenvalue weighted by Gasteiger charge is -2.19. The third-order valence-electron chi connectivity index (χ3n) is 2.15. The lowest BCUT2D eigenvalue weighted by atomic mass is 10.1. The van der Waals surface area contributed by atoms with Gasteiger partial charge in [0.25, 0.3) is 0 Å². The SMILES string of the molecule is CN(c1cccc(C(=O)O)c1N)S(C)(=O)=O. The molecule has 0 aromatic heterocycles. The first-order chi connectivity index (χ1) is 7.25. The fraction of sp³-hybridized carbons (Fsp3) is 0.222. The average molecular weight is 244 g/mol. The van der Waals surface area contributed by atoms with E-state index in [4.69, 9.17) is 10.8 Å². The van der Waals surface area contributed by atoms with Crippen LogP contribution in [0.3, 0.4) is 0 Å². The molecule has 1 aromatic rings. The van der Waals surface area contributed by atoms with E-state index in [0.29, 0.717) is 0 Å². The molecule has 88 valence electrons. The summed E-state index contributed by atoms with van der Waals surface area (Å²) in [7, 11) is -2.15. The number of carboxylic acid groups (broad SMARTS) is 1. The second-order valence-corrected chi connectivity index (χ2v) is 5.29. The number of sulfonamides is 1. The molecule has 6 nitrogen and oxygen atoms in total. The highest BCUT2D eigenvalue weighted by molar-refractivity contribution is 7.92. The van der Waals surface area contributed by atoms with Crippen molar-refractivity contribution >= 4 is 27.4 Å². The molecule has 3 N–H and O–H groups in total. The number of nitrogens with zero attached hydrogens (tertiary/aromatic N) is 1. The molecule has 0 aliphatic heterocycles. The van der Waals surface area contributed by atoms with Crippen molar-refractivity contribution in [3.63, 3.8) is 0 Å². The maximum atomic E-state index is 11.3. The van der Waals surface area contributed by atoms with Crippen LogP contribution in [0.15, 0.2) is 18.2 Å². The molecule has 1 aromatic carbocycles. The Morgan fingerprint density at radius 3 is 2.44 bits per heavy atom. The minimum Gasteiger partial charge on any atom is -0.478 e. The zero-order valence-electron chi connectivity index (χ0n) is 8.84. The van der Waals surface area contributed by atoms with Gasteiger partial charge in [-0.3, -0.25) is 4.31 Å². The summed E-state index contributed by atoms with van der Waals surface area (Å²) in [5.74, 6) is -1.19. The van der Waals surface area contributed by atoms with Crippen molar-refractivity contribution < 1.29 is 18.3 Å². The highest BCUT2D eigenvalue weighted by atomic mass is 32.2. The summed E-state index contributed by atoms with van der Waals surface area (Å²) in [5, 5.41) is 8.83. The van der Waals surface area contributed by atoms with E-state index in [1.807, 2.05) is 0 Å². The molecule has 0 bridgehead atoms. The number of benzene rings is 1. The van der Waals surface area contributed by atoms with Crippen molar-refractivity contribution in [1.82, 2.24) is 0 Å². The Morgan fingerprint density at radius 1 is 1.44 bits per heavy atom. The van der Waals surface area contributed by atoms with Gasteiger partial charge in [-0.25, -0.2) is 13.2 Å². The van der Waals surface area contributed by atoms with Crippen molar-refractivity contribution in [2.24, 2.45) is 0 Å². The van der Waals surface area contributed by atoms with Crippen LogP contribution < -0.4 is 10.0 Å². The van der Waals surface area contributed by atoms with Gasteiger partial charge in [-0.2, -0.15) is 0 Å². The first kappa shape index (κ1) is 12.3. The second-order valence-electron chi connectivity index (χ2n) is 3.27. The third-order valence-corrected chi connectivity index (χ3v) is 3.34. The number of rotatable bonds is 3. The number of nitrogens with two attached hydrogens (primary N) is 1. The van der Waals surface area contributed by atoms with Crippen LogP contribution in [-0.4, -0.2) is 32.8 Å². The first-order valence-corrected chi connectivity index (χ1v) is 6.15. The maximum absolute atomic E-state index is 11.3. The van der Waals surface area contributed by atoms with Gasteiger partial charge in [-0.05, 0) is 12.1 Å². The molecule has 0 atom stereocenters. The van der Waals surface area contributed by atoms with Crippen LogP contribution in [0.4, 0.5) is 11.4 Å². The average Bonchev–Trinajstić information content (AvgIpc) is 2.15. The van der Waals surface area contributed by atoms with Crippen molar-refractivity contribution in [1.29, 1.82) is 0 Å². The molecule has 0 spiro atoms.